The number of aliphatic carboxylic acids is 1. The number of hydrogen-bond donors (Lipinski definition) is 2. The Morgan fingerprint density at radius 1 is 0.974 bits per heavy atom. The van der Waals surface area contributed by atoms with Crippen LogP contribution in [-0.4, -0.2) is 64.3 Å². The van der Waals surface area contributed by atoms with E-state index in [1.165, 1.54) is 0 Å². The topological polar surface area (TPSA) is 105 Å². The average Bonchev–Trinajstić information content (AvgIpc) is 3.31. The van der Waals surface area contributed by atoms with Crippen LogP contribution < -0.4 is 4.74 Å². The van der Waals surface area contributed by atoms with Gasteiger partial charge in [-0.25, -0.2) is 0 Å². The van der Waals surface area contributed by atoms with Crippen molar-refractivity contribution < 1.29 is 24.2 Å². The molecule has 2 heterocycles. The maximum Gasteiger partial charge on any atom is 0.306 e. The van der Waals surface area contributed by atoms with Gasteiger partial charge in [-0.3, -0.25) is 9.59 Å². The summed E-state index contributed by atoms with van der Waals surface area (Å²) < 4.78 is 11.2. The molecule has 0 spiro atoms. The molecule has 0 radical (unpaired) electrons. The summed E-state index contributed by atoms with van der Waals surface area (Å²) in [4.78, 5) is 33.2. The van der Waals surface area contributed by atoms with Crippen LogP contribution in [0.15, 0.2) is 60.7 Å². The van der Waals surface area contributed by atoms with E-state index in [4.69, 9.17) is 26.2 Å². The lowest BCUT2D eigenvalue weighted by atomic mass is 9.82. The molecule has 1 saturated heterocycles. The highest BCUT2D eigenvalue weighted by Crippen LogP contribution is 2.35. The van der Waals surface area contributed by atoms with Crippen molar-refractivity contribution in [2.75, 3.05) is 26.3 Å². The molecule has 38 heavy (non-hydrogen) atoms. The molecule has 0 atom stereocenters. The molecule has 1 aliphatic carbocycles. The van der Waals surface area contributed by atoms with Crippen LogP contribution in [0.5, 0.6) is 6.01 Å². The lowest BCUT2D eigenvalue weighted by molar-refractivity contribution is -0.148. The summed E-state index contributed by atoms with van der Waals surface area (Å²) in [6, 6.07) is 19.9. The maximum atomic E-state index is 12.7. The van der Waals surface area contributed by atoms with Gasteiger partial charge >= 0.3 is 5.97 Å². The Morgan fingerprint density at radius 3 is 2.26 bits per heavy atom. The van der Waals surface area contributed by atoms with E-state index in [9.17, 15) is 9.59 Å². The largest absolute Gasteiger partial charge is 0.481 e. The number of ether oxygens (including phenoxy) is 2. The fourth-order valence-electron chi connectivity index (χ4n) is 4.90. The third kappa shape index (κ3) is 4.85. The van der Waals surface area contributed by atoms with Crippen LogP contribution in [-0.2, 0) is 9.53 Å². The number of carboxylic acid groups (broad SMARTS) is 1. The third-order valence-electron chi connectivity index (χ3n) is 7.23. The van der Waals surface area contributed by atoms with E-state index in [-0.39, 0.29) is 17.9 Å². The number of morpholine rings is 1. The number of nitrogens with zero attached hydrogens (tertiary/aromatic N) is 2. The van der Waals surface area contributed by atoms with Crippen molar-refractivity contribution >= 4 is 34.5 Å². The lowest BCUT2D eigenvalue weighted by Gasteiger charge is -2.31. The monoisotopic (exact) mass is 531 g/mol. The Labute approximate surface area is 224 Å². The first-order chi connectivity index (χ1) is 18.4. The number of rotatable bonds is 6. The summed E-state index contributed by atoms with van der Waals surface area (Å²) in [6.07, 6.45) is 0.820. The highest BCUT2D eigenvalue weighted by Gasteiger charge is 2.36. The number of H-pyrrole nitrogens is 1. The predicted octanol–water partition coefficient (Wildman–Crippen LogP) is 5.26. The van der Waals surface area contributed by atoms with Crippen LogP contribution in [0.25, 0.3) is 33.3 Å². The molecule has 6 rings (SSSR count). The molecule has 0 bridgehead atoms. The van der Waals surface area contributed by atoms with E-state index in [1.54, 1.807) is 0 Å². The molecule has 2 fully saturated rings. The summed E-state index contributed by atoms with van der Waals surface area (Å²) in [7, 11) is 0. The number of nitrogens with one attached hydrogen (secondary N) is 1. The summed E-state index contributed by atoms with van der Waals surface area (Å²) in [5.74, 6) is -1.10. The number of fused-ring (bicyclic) bond motifs is 1. The SMILES string of the molecule is O=C(O)C1CC(Oc2nc3cc(-c4ccc(-c5ccc(C(=O)N6CCOCC6)cc5)cc4)c(Cl)cc3[nH]2)C1. The number of halogens is 1. The van der Waals surface area contributed by atoms with Crippen molar-refractivity contribution in [2.24, 2.45) is 5.92 Å². The summed E-state index contributed by atoms with van der Waals surface area (Å²) >= 11 is 6.62. The Hall–Kier alpha value is -3.88. The molecular formula is C29H26ClN3O5. The molecule has 194 valence electrons. The number of imidazole rings is 1. The van der Waals surface area contributed by atoms with E-state index in [1.807, 2.05) is 65.6 Å². The number of amides is 1. The normalized spacial score (nSPS) is 19.2. The molecule has 4 aromatic rings. The van der Waals surface area contributed by atoms with Gasteiger partial charge in [-0.1, -0.05) is 48.0 Å². The molecule has 9 heteroatoms. The fraction of sp³-hybridized carbons (Fsp3) is 0.276. The van der Waals surface area contributed by atoms with Crippen LogP contribution in [0.1, 0.15) is 23.2 Å². The van der Waals surface area contributed by atoms with Crippen molar-refractivity contribution in [2.45, 2.75) is 18.9 Å². The van der Waals surface area contributed by atoms with Gasteiger partial charge in [0, 0.05) is 24.2 Å². The second kappa shape index (κ2) is 10.1. The number of aromatic amines is 1. The molecule has 1 aliphatic heterocycles. The van der Waals surface area contributed by atoms with E-state index in [0.29, 0.717) is 55.7 Å². The van der Waals surface area contributed by atoms with Gasteiger partial charge in [0.1, 0.15) is 6.10 Å². The van der Waals surface area contributed by atoms with Crippen LogP contribution in [0, 0.1) is 5.92 Å². The molecule has 8 nitrogen and oxygen atoms in total. The lowest BCUT2D eigenvalue weighted by Crippen LogP contribution is -2.40. The number of hydrogen-bond acceptors (Lipinski definition) is 5. The third-order valence-corrected chi connectivity index (χ3v) is 7.54. The molecule has 1 aromatic heterocycles. The van der Waals surface area contributed by atoms with Crippen LogP contribution >= 0.6 is 11.6 Å². The van der Waals surface area contributed by atoms with Gasteiger partial charge in [0.2, 0.25) is 0 Å². The Bertz CT molecular complexity index is 1490. The predicted molar refractivity (Wildman–Crippen MR) is 143 cm³/mol. The zero-order valence-electron chi connectivity index (χ0n) is 20.5. The summed E-state index contributed by atoms with van der Waals surface area (Å²) in [5, 5.41) is 9.63. The number of benzene rings is 3. The van der Waals surface area contributed by atoms with Gasteiger partial charge in [0.25, 0.3) is 11.9 Å². The fourth-order valence-corrected chi connectivity index (χ4v) is 5.17. The molecule has 2 N–H and O–H groups in total. The Kier molecular flexibility index (Phi) is 6.51. The molecular weight excluding hydrogens is 506 g/mol. The van der Waals surface area contributed by atoms with Crippen molar-refractivity contribution in [3.63, 3.8) is 0 Å². The highest BCUT2D eigenvalue weighted by atomic mass is 35.5. The zero-order valence-corrected chi connectivity index (χ0v) is 21.3. The molecule has 3 aromatic carbocycles. The Morgan fingerprint density at radius 2 is 1.61 bits per heavy atom. The van der Waals surface area contributed by atoms with Crippen molar-refractivity contribution in [1.29, 1.82) is 0 Å². The van der Waals surface area contributed by atoms with Gasteiger partial charge in [-0.05, 0) is 53.8 Å². The number of carbonyl (C=O) groups is 2. The van der Waals surface area contributed by atoms with Crippen LogP contribution in [0.3, 0.4) is 0 Å². The summed E-state index contributed by atoms with van der Waals surface area (Å²) in [6.45, 7) is 2.41. The van der Waals surface area contributed by atoms with Crippen LogP contribution in [0.4, 0.5) is 0 Å². The zero-order chi connectivity index (χ0) is 26.2. The molecule has 1 saturated carbocycles. The first kappa shape index (κ1) is 24.5. The number of aromatic nitrogens is 2. The summed E-state index contributed by atoms with van der Waals surface area (Å²) in [5.41, 5.74) is 6.01. The quantitative estimate of drug-likeness (QED) is 0.351. The van der Waals surface area contributed by atoms with Gasteiger partial charge in [-0.15, -0.1) is 0 Å². The number of carbonyl (C=O) groups excluding carboxylic acids is 1. The minimum Gasteiger partial charge on any atom is -0.481 e. The minimum absolute atomic E-state index is 0.0318. The second-order valence-electron chi connectivity index (χ2n) is 9.70. The molecule has 1 amide bonds. The first-order valence-corrected chi connectivity index (χ1v) is 13.0. The smallest absolute Gasteiger partial charge is 0.306 e. The maximum absolute atomic E-state index is 12.7. The second-order valence-corrected chi connectivity index (χ2v) is 10.1. The van der Waals surface area contributed by atoms with Gasteiger partial charge in [0.15, 0.2) is 0 Å². The Balaban J connectivity index is 1.16. The first-order valence-electron chi connectivity index (χ1n) is 12.6. The standard InChI is InChI=1S/C29H26ClN3O5/c30-24-16-26-25(31-29(32-26)38-22-13-21(14-22)28(35)36)15-23(24)19-5-1-17(2-6-19)18-3-7-20(8-4-18)27(34)33-9-11-37-12-10-33/h1-8,15-16,21-22H,9-14H2,(H,31,32)(H,35,36). The van der Waals surface area contributed by atoms with Gasteiger partial charge in [-0.2, -0.15) is 4.98 Å². The van der Waals surface area contributed by atoms with Crippen LogP contribution in [0.2, 0.25) is 5.02 Å². The molecule has 2 aliphatic rings. The minimum atomic E-state index is -0.784. The van der Waals surface area contributed by atoms with Gasteiger partial charge < -0.3 is 24.5 Å². The van der Waals surface area contributed by atoms with Gasteiger partial charge in [0.05, 0.1) is 35.2 Å². The van der Waals surface area contributed by atoms with E-state index in [2.05, 4.69) is 9.97 Å². The van der Waals surface area contributed by atoms with Crippen molar-refractivity contribution in [1.82, 2.24) is 14.9 Å². The van der Waals surface area contributed by atoms with Crippen molar-refractivity contribution in [3.8, 4) is 28.3 Å². The van der Waals surface area contributed by atoms with E-state index in [0.717, 1.165) is 33.3 Å². The van der Waals surface area contributed by atoms with Crippen molar-refractivity contribution in [3.05, 3.63) is 71.2 Å². The van der Waals surface area contributed by atoms with E-state index >= 15 is 0 Å². The number of carboxylic acids is 1. The molecule has 0 unspecified atom stereocenters. The average molecular weight is 532 g/mol. The van der Waals surface area contributed by atoms with E-state index < -0.39 is 5.97 Å². The highest BCUT2D eigenvalue weighted by molar-refractivity contribution is 6.34.